The summed E-state index contributed by atoms with van der Waals surface area (Å²) in [4.78, 5) is 14.5. The average Bonchev–Trinajstić information content (AvgIpc) is 3.14. The number of carbonyl (C=O) groups excluding carboxylic acids is 1. The average molecular weight is 341 g/mol. The molecular weight excluding hydrogens is 318 g/mol. The van der Waals surface area contributed by atoms with Crippen LogP contribution in [0.5, 0.6) is 0 Å². The lowest BCUT2D eigenvalue weighted by Crippen LogP contribution is -2.29. The number of H-pyrrole nitrogens is 1. The first-order chi connectivity index (χ1) is 12.0. The van der Waals surface area contributed by atoms with E-state index in [2.05, 4.69) is 20.6 Å². The van der Waals surface area contributed by atoms with Gasteiger partial charge < -0.3 is 10.0 Å². The van der Waals surface area contributed by atoms with Crippen LogP contribution in [0.1, 0.15) is 48.4 Å². The molecule has 132 valence electrons. The fourth-order valence-electron chi connectivity index (χ4n) is 3.73. The van der Waals surface area contributed by atoms with Gasteiger partial charge in [-0.3, -0.25) is 4.79 Å². The minimum atomic E-state index is -0.393. The second kappa shape index (κ2) is 5.91. The Morgan fingerprint density at radius 3 is 2.56 bits per heavy atom. The maximum absolute atomic E-state index is 12.7. The van der Waals surface area contributed by atoms with E-state index in [1.54, 1.807) is 4.90 Å². The Bertz CT molecular complexity index is 752. The van der Waals surface area contributed by atoms with Crippen molar-refractivity contribution in [1.82, 2.24) is 25.5 Å². The van der Waals surface area contributed by atoms with E-state index in [1.807, 2.05) is 38.1 Å². The summed E-state index contributed by atoms with van der Waals surface area (Å²) in [5.41, 5.74) is 1.27. The van der Waals surface area contributed by atoms with E-state index in [1.165, 1.54) is 12.8 Å². The molecule has 1 aliphatic carbocycles. The summed E-state index contributed by atoms with van der Waals surface area (Å²) in [6.45, 7) is 5.15. The molecule has 7 heteroatoms. The van der Waals surface area contributed by atoms with Gasteiger partial charge in [0.2, 0.25) is 0 Å². The second-order valence-electron chi connectivity index (χ2n) is 7.72. The summed E-state index contributed by atoms with van der Waals surface area (Å²) in [6.07, 6.45) is 1.99. The number of carbonyl (C=O) groups is 1. The number of hydrogen-bond acceptors (Lipinski definition) is 5. The highest BCUT2D eigenvalue weighted by atomic mass is 16.3. The molecule has 0 radical (unpaired) electrons. The highest BCUT2D eigenvalue weighted by Crippen LogP contribution is 2.41. The third-order valence-corrected chi connectivity index (χ3v) is 5.61. The van der Waals surface area contributed by atoms with Gasteiger partial charge in [0.1, 0.15) is 0 Å². The molecule has 2 fully saturated rings. The Kier molecular flexibility index (Phi) is 3.83. The fourth-order valence-corrected chi connectivity index (χ4v) is 3.73. The quantitative estimate of drug-likeness (QED) is 0.876. The van der Waals surface area contributed by atoms with Crippen molar-refractivity contribution in [2.75, 3.05) is 13.1 Å². The number of nitrogens with zero attached hydrogens (tertiary/aromatic N) is 4. The minimum Gasteiger partial charge on any atom is -0.391 e. The molecule has 1 aromatic heterocycles. The third-order valence-electron chi connectivity index (χ3n) is 5.61. The Morgan fingerprint density at radius 2 is 1.96 bits per heavy atom. The molecule has 2 aliphatic rings. The van der Waals surface area contributed by atoms with Crippen molar-refractivity contribution in [3.8, 4) is 0 Å². The standard InChI is InChI=1S/C18H23N5O2/c1-18(2,17-19-21-22-20-17)13-7-5-12(6-8-13)16(25)23-9-14(11-3-4-11)15(24)10-23/h5-8,11,14-15,24H,3-4,9-10H2,1-2H3,(H,19,20,21,22)/t14-,15+/m0/s1. The molecule has 25 heavy (non-hydrogen) atoms. The number of aliphatic hydroxyl groups is 1. The van der Waals surface area contributed by atoms with Crippen LogP contribution >= 0.6 is 0 Å². The van der Waals surface area contributed by atoms with Crippen molar-refractivity contribution < 1.29 is 9.90 Å². The lowest BCUT2D eigenvalue weighted by atomic mass is 9.83. The number of amides is 1. The number of hydrogen-bond donors (Lipinski definition) is 2. The molecule has 2 atom stereocenters. The topological polar surface area (TPSA) is 95.0 Å². The van der Waals surface area contributed by atoms with Crippen molar-refractivity contribution in [1.29, 1.82) is 0 Å². The van der Waals surface area contributed by atoms with E-state index in [0.29, 0.717) is 30.4 Å². The molecule has 1 saturated carbocycles. The molecule has 7 nitrogen and oxygen atoms in total. The predicted octanol–water partition coefficient (Wildman–Crippen LogP) is 1.37. The number of rotatable bonds is 4. The van der Waals surface area contributed by atoms with Gasteiger partial charge in [-0.2, -0.15) is 5.21 Å². The molecular formula is C18H23N5O2. The van der Waals surface area contributed by atoms with Gasteiger partial charge in [0.15, 0.2) is 5.82 Å². The van der Waals surface area contributed by atoms with Crippen LogP contribution in [0.3, 0.4) is 0 Å². The molecule has 2 aromatic rings. The summed E-state index contributed by atoms with van der Waals surface area (Å²) in [6, 6.07) is 7.57. The number of tetrazole rings is 1. The number of aromatic nitrogens is 4. The van der Waals surface area contributed by atoms with Crippen molar-refractivity contribution >= 4 is 5.91 Å². The highest BCUT2D eigenvalue weighted by molar-refractivity contribution is 5.94. The summed E-state index contributed by atoms with van der Waals surface area (Å²) >= 11 is 0. The van der Waals surface area contributed by atoms with Crippen LogP contribution in [0.15, 0.2) is 24.3 Å². The van der Waals surface area contributed by atoms with E-state index < -0.39 is 5.41 Å². The number of aliphatic hydroxyl groups excluding tert-OH is 1. The number of β-amino-alcohol motifs (C(OH)–C–C–N with tert-alkyl or cyclic N) is 1. The van der Waals surface area contributed by atoms with Crippen molar-refractivity contribution in [2.24, 2.45) is 11.8 Å². The zero-order valence-electron chi connectivity index (χ0n) is 14.5. The van der Waals surface area contributed by atoms with Crippen LogP contribution in [0.25, 0.3) is 0 Å². The Labute approximate surface area is 146 Å². The summed E-state index contributed by atoms with van der Waals surface area (Å²) in [5, 5.41) is 24.5. The molecule has 4 rings (SSSR count). The van der Waals surface area contributed by atoms with Crippen molar-refractivity contribution in [3.05, 3.63) is 41.2 Å². The first-order valence-electron chi connectivity index (χ1n) is 8.78. The first kappa shape index (κ1) is 16.2. The van der Waals surface area contributed by atoms with Crippen molar-refractivity contribution in [3.63, 3.8) is 0 Å². The summed E-state index contributed by atoms with van der Waals surface area (Å²) < 4.78 is 0. The van der Waals surface area contributed by atoms with Gasteiger partial charge in [-0.15, -0.1) is 10.2 Å². The lowest BCUT2D eigenvalue weighted by Gasteiger charge is -2.22. The number of nitrogens with one attached hydrogen (secondary N) is 1. The van der Waals surface area contributed by atoms with E-state index in [0.717, 1.165) is 5.56 Å². The van der Waals surface area contributed by atoms with Crippen molar-refractivity contribution in [2.45, 2.75) is 38.2 Å². The van der Waals surface area contributed by atoms with Gasteiger partial charge in [-0.25, -0.2) is 0 Å². The van der Waals surface area contributed by atoms with Crippen LogP contribution in [0.4, 0.5) is 0 Å². The van der Waals surface area contributed by atoms with Gasteiger partial charge in [-0.1, -0.05) is 17.3 Å². The SMILES string of the molecule is CC(C)(c1ccc(C(=O)N2C[C@@H](O)[C@H](C3CC3)C2)cc1)c1nn[nH]n1. The molecule has 1 amide bonds. The van der Waals surface area contributed by atoms with Crippen LogP contribution in [0.2, 0.25) is 0 Å². The number of aromatic amines is 1. The molecule has 2 N–H and O–H groups in total. The third kappa shape index (κ3) is 2.93. The Morgan fingerprint density at radius 1 is 1.24 bits per heavy atom. The summed E-state index contributed by atoms with van der Waals surface area (Å²) in [7, 11) is 0. The highest BCUT2D eigenvalue weighted by Gasteiger charge is 2.43. The molecule has 1 aromatic carbocycles. The molecule has 2 heterocycles. The van der Waals surface area contributed by atoms with Gasteiger partial charge in [-0.05, 0) is 50.3 Å². The zero-order chi connectivity index (χ0) is 17.6. The van der Waals surface area contributed by atoms with Crippen LogP contribution in [-0.2, 0) is 5.41 Å². The molecule has 1 aliphatic heterocycles. The maximum atomic E-state index is 12.7. The molecule has 1 saturated heterocycles. The van der Waals surface area contributed by atoms with Gasteiger partial charge in [0.25, 0.3) is 5.91 Å². The van der Waals surface area contributed by atoms with Gasteiger partial charge in [0, 0.05) is 24.6 Å². The predicted molar refractivity (Wildman–Crippen MR) is 90.9 cm³/mol. The summed E-state index contributed by atoms with van der Waals surface area (Å²) in [5.74, 6) is 1.46. The molecule has 0 unspecified atom stereocenters. The second-order valence-corrected chi connectivity index (χ2v) is 7.72. The van der Waals surface area contributed by atoms with E-state index in [9.17, 15) is 9.90 Å². The first-order valence-corrected chi connectivity index (χ1v) is 8.78. The minimum absolute atomic E-state index is 0.00822. The normalized spacial score (nSPS) is 23.9. The zero-order valence-corrected chi connectivity index (χ0v) is 14.5. The van der Waals surface area contributed by atoms with Gasteiger partial charge >= 0.3 is 0 Å². The smallest absolute Gasteiger partial charge is 0.253 e. The number of benzene rings is 1. The lowest BCUT2D eigenvalue weighted by molar-refractivity contribution is 0.0764. The van der Waals surface area contributed by atoms with Gasteiger partial charge in [0.05, 0.1) is 11.5 Å². The Hall–Kier alpha value is -2.28. The maximum Gasteiger partial charge on any atom is 0.253 e. The number of likely N-dealkylation sites (tertiary alicyclic amines) is 1. The largest absolute Gasteiger partial charge is 0.391 e. The van der Waals surface area contributed by atoms with Crippen LogP contribution < -0.4 is 0 Å². The van der Waals surface area contributed by atoms with Crippen LogP contribution in [-0.4, -0.2) is 55.7 Å². The molecule has 0 bridgehead atoms. The van der Waals surface area contributed by atoms with Crippen LogP contribution in [0, 0.1) is 11.8 Å². The van der Waals surface area contributed by atoms with E-state index in [4.69, 9.17) is 0 Å². The van der Waals surface area contributed by atoms with E-state index in [-0.39, 0.29) is 17.9 Å². The van der Waals surface area contributed by atoms with E-state index >= 15 is 0 Å². The monoisotopic (exact) mass is 341 g/mol. The fraction of sp³-hybridized carbons (Fsp3) is 0.556. The Balaban J connectivity index is 1.49. The molecule has 0 spiro atoms.